The predicted molar refractivity (Wildman–Crippen MR) is 70.5 cm³/mol. The molecule has 0 aliphatic heterocycles. The van der Waals surface area contributed by atoms with Gasteiger partial charge in [0, 0.05) is 13.1 Å². The molecule has 0 fully saturated rings. The minimum absolute atomic E-state index is 0.116. The van der Waals surface area contributed by atoms with Gasteiger partial charge < -0.3 is 9.32 Å². The van der Waals surface area contributed by atoms with Gasteiger partial charge in [-0.15, -0.1) is 0 Å². The third-order valence-electron chi connectivity index (χ3n) is 2.75. The number of fused-ring (bicyclic) bond motifs is 1. The van der Waals surface area contributed by atoms with Crippen LogP contribution in [0.1, 0.15) is 37.4 Å². The van der Waals surface area contributed by atoms with Crippen LogP contribution in [0.4, 0.5) is 0 Å². The number of nitrogens with zero attached hydrogens (tertiary/aromatic N) is 2. The molecule has 0 unspecified atom stereocenters. The van der Waals surface area contributed by atoms with Gasteiger partial charge in [-0.3, -0.25) is 4.79 Å². The Morgan fingerprint density at radius 2 is 1.89 bits per heavy atom. The number of oxazole rings is 1. The molecule has 2 aromatic rings. The Labute approximate surface area is 107 Å². The number of benzene rings is 1. The van der Waals surface area contributed by atoms with E-state index in [2.05, 4.69) is 18.8 Å². The number of carbonyl (C=O) groups is 1. The van der Waals surface area contributed by atoms with E-state index in [-0.39, 0.29) is 11.8 Å². The number of amides is 1. The molecule has 2 rings (SSSR count). The van der Waals surface area contributed by atoms with Gasteiger partial charge in [-0.25, -0.2) is 4.98 Å². The average molecular weight is 246 g/mol. The quantitative estimate of drug-likeness (QED) is 0.814. The molecule has 1 heterocycles. The standard InChI is InChI=1S/C14H18N2O2/c1-3-9-16(10-4-2)14(17)13-15-11-7-5-6-8-12(11)18-13/h5-8H,3-4,9-10H2,1-2H3. The molecular weight excluding hydrogens is 228 g/mol. The van der Waals surface area contributed by atoms with Crippen LogP contribution in [0, 0.1) is 0 Å². The summed E-state index contributed by atoms with van der Waals surface area (Å²) in [6, 6.07) is 7.43. The zero-order chi connectivity index (χ0) is 13.0. The summed E-state index contributed by atoms with van der Waals surface area (Å²) in [5.74, 6) is 0.0769. The predicted octanol–water partition coefficient (Wildman–Crippen LogP) is 3.09. The normalized spacial score (nSPS) is 10.8. The lowest BCUT2D eigenvalue weighted by Crippen LogP contribution is -2.32. The molecule has 0 N–H and O–H groups in total. The monoisotopic (exact) mass is 246 g/mol. The summed E-state index contributed by atoms with van der Waals surface area (Å²) >= 11 is 0. The summed E-state index contributed by atoms with van der Waals surface area (Å²) in [7, 11) is 0. The van der Waals surface area contributed by atoms with Crippen LogP contribution in [0.3, 0.4) is 0 Å². The van der Waals surface area contributed by atoms with E-state index in [1.807, 2.05) is 24.3 Å². The highest BCUT2D eigenvalue weighted by molar-refractivity contribution is 5.92. The highest BCUT2D eigenvalue weighted by Gasteiger charge is 2.20. The Hall–Kier alpha value is -1.84. The van der Waals surface area contributed by atoms with Crippen molar-refractivity contribution in [2.75, 3.05) is 13.1 Å². The molecule has 18 heavy (non-hydrogen) atoms. The van der Waals surface area contributed by atoms with E-state index >= 15 is 0 Å². The van der Waals surface area contributed by atoms with E-state index in [0.717, 1.165) is 31.4 Å². The van der Waals surface area contributed by atoms with Crippen LogP contribution in [0.2, 0.25) is 0 Å². The fraction of sp³-hybridized carbons (Fsp3) is 0.429. The van der Waals surface area contributed by atoms with Crippen molar-refractivity contribution in [2.24, 2.45) is 0 Å². The molecule has 0 aliphatic carbocycles. The van der Waals surface area contributed by atoms with E-state index in [0.29, 0.717) is 5.58 Å². The SMILES string of the molecule is CCCN(CCC)C(=O)c1nc2ccccc2o1. The molecule has 4 nitrogen and oxygen atoms in total. The van der Waals surface area contributed by atoms with E-state index in [4.69, 9.17) is 4.42 Å². The largest absolute Gasteiger partial charge is 0.432 e. The second kappa shape index (κ2) is 5.67. The number of para-hydroxylation sites is 2. The number of carbonyl (C=O) groups excluding carboxylic acids is 1. The number of hydrogen-bond donors (Lipinski definition) is 0. The summed E-state index contributed by atoms with van der Waals surface area (Å²) < 4.78 is 5.50. The summed E-state index contributed by atoms with van der Waals surface area (Å²) in [6.45, 7) is 5.60. The van der Waals surface area contributed by atoms with E-state index in [1.165, 1.54) is 0 Å². The fourth-order valence-electron chi connectivity index (χ4n) is 1.95. The highest BCUT2D eigenvalue weighted by atomic mass is 16.4. The lowest BCUT2D eigenvalue weighted by Gasteiger charge is -2.19. The van der Waals surface area contributed by atoms with Crippen LogP contribution in [-0.4, -0.2) is 28.9 Å². The van der Waals surface area contributed by atoms with Gasteiger partial charge in [0.05, 0.1) is 0 Å². The Morgan fingerprint density at radius 3 is 2.50 bits per heavy atom. The Kier molecular flexibility index (Phi) is 3.97. The summed E-state index contributed by atoms with van der Waals surface area (Å²) in [5.41, 5.74) is 1.39. The molecule has 0 atom stereocenters. The Morgan fingerprint density at radius 1 is 1.22 bits per heavy atom. The Balaban J connectivity index is 2.25. The zero-order valence-corrected chi connectivity index (χ0v) is 10.8. The molecule has 0 saturated carbocycles. The van der Waals surface area contributed by atoms with Crippen molar-refractivity contribution in [3.05, 3.63) is 30.2 Å². The topological polar surface area (TPSA) is 46.3 Å². The number of hydrogen-bond acceptors (Lipinski definition) is 3. The molecule has 1 aromatic carbocycles. The Bertz CT molecular complexity index is 494. The highest BCUT2D eigenvalue weighted by Crippen LogP contribution is 2.16. The van der Waals surface area contributed by atoms with Gasteiger partial charge in [0.25, 0.3) is 5.89 Å². The van der Waals surface area contributed by atoms with Gasteiger partial charge >= 0.3 is 5.91 Å². The van der Waals surface area contributed by atoms with Crippen molar-refractivity contribution >= 4 is 17.0 Å². The smallest absolute Gasteiger partial charge is 0.309 e. The van der Waals surface area contributed by atoms with Crippen LogP contribution >= 0.6 is 0 Å². The van der Waals surface area contributed by atoms with Gasteiger partial charge in [0.1, 0.15) is 5.52 Å². The molecule has 96 valence electrons. The maximum atomic E-state index is 12.3. The first-order valence-corrected chi connectivity index (χ1v) is 6.41. The molecule has 4 heteroatoms. The number of rotatable bonds is 5. The molecule has 0 radical (unpaired) electrons. The molecule has 0 saturated heterocycles. The van der Waals surface area contributed by atoms with Crippen molar-refractivity contribution in [3.8, 4) is 0 Å². The second-order valence-corrected chi connectivity index (χ2v) is 4.28. The minimum atomic E-state index is -0.116. The van der Waals surface area contributed by atoms with Crippen LogP contribution in [0.25, 0.3) is 11.1 Å². The molecule has 0 spiro atoms. The van der Waals surface area contributed by atoms with Crippen molar-refractivity contribution in [2.45, 2.75) is 26.7 Å². The maximum Gasteiger partial charge on any atom is 0.309 e. The van der Waals surface area contributed by atoms with Crippen LogP contribution in [-0.2, 0) is 0 Å². The third-order valence-corrected chi connectivity index (χ3v) is 2.75. The third kappa shape index (κ3) is 2.53. The molecular formula is C14H18N2O2. The van der Waals surface area contributed by atoms with Gasteiger partial charge in [0.15, 0.2) is 5.58 Å². The summed E-state index contributed by atoms with van der Waals surface area (Å²) in [5, 5.41) is 0. The van der Waals surface area contributed by atoms with Gasteiger partial charge in [0.2, 0.25) is 0 Å². The van der Waals surface area contributed by atoms with Crippen LogP contribution < -0.4 is 0 Å². The first-order valence-electron chi connectivity index (χ1n) is 6.41. The average Bonchev–Trinajstić information content (AvgIpc) is 2.81. The summed E-state index contributed by atoms with van der Waals surface area (Å²) in [4.78, 5) is 18.3. The zero-order valence-electron chi connectivity index (χ0n) is 10.8. The van der Waals surface area contributed by atoms with E-state index < -0.39 is 0 Å². The van der Waals surface area contributed by atoms with E-state index in [1.54, 1.807) is 4.90 Å². The van der Waals surface area contributed by atoms with Crippen molar-refractivity contribution in [1.82, 2.24) is 9.88 Å². The van der Waals surface area contributed by atoms with Crippen molar-refractivity contribution < 1.29 is 9.21 Å². The molecule has 1 aromatic heterocycles. The van der Waals surface area contributed by atoms with E-state index in [9.17, 15) is 4.79 Å². The van der Waals surface area contributed by atoms with Gasteiger partial charge in [-0.05, 0) is 25.0 Å². The maximum absolute atomic E-state index is 12.3. The van der Waals surface area contributed by atoms with Crippen molar-refractivity contribution in [1.29, 1.82) is 0 Å². The lowest BCUT2D eigenvalue weighted by molar-refractivity contribution is 0.0718. The summed E-state index contributed by atoms with van der Waals surface area (Å²) in [6.07, 6.45) is 1.87. The fourth-order valence-corrected chi connectivity index (χ4v) is 1.95. The lowest BCUT2D eigenvalue weighted by atomic mass is 10.3. The minimum Gasteiger partial charge on any atom is -0.432 e. The van der Waals surface area contributed by atoms with Crippen LogP contribution in [0.5, 0.6) is 0 Å². The van der Waals surface area contributed by atoms with Crippen LogP contribution in [0.15, 0.2) is 28.7 Å². The van der Waals surface area contributed by atoms with Gasteiger partial charge in [-0.2, -0.15) is 0 Å². The van der Waals surface area contributed by atoms with Gasteiger partial charge in [-0.1, -0.05) is 26.0 Å². The second-order valence-electron chi connectivity index (χ2n) is 4.28. The van der Waals surface area contributed by atoms with Crippen molar-refractivity contribution in [3.63, 3.8) is 0 Å². The molecule has 0 bridgehead atoms. The number of aromatic nitrogens is 1. The molecule has 1 amide bonds. The molecule has 0 aliphatic rings. The first-order chi connectivity index (χ1) is 8.76. The first kappa shape index (κ1) is 12.6.